The van der Waals surface area contributed by atoms with E-state index in [4.69, 9.17) is 9.47 Å². The molecule has 0 aromatic heterocycles. The Morgan fingerprint density at radius 2 is 2.00 bits per heavy atom. The SMILES string of the molecule is COC(=O)C(C)(C)NC1CCCC(OC)C1. The van der Waals surface area contributed by atoms with Gasteiger partial charge in [-0.3, -0.25) is 10.1 Å². The highest BCUT2D eigenvalue weighted by atomic mass is 16.5. The zero-order valence-corrected chi connectivity index (χ0v) is 10.7. The first-order valence-corrected chi connectivity index (χ1v) is 5.88. The number of hydrogen-bond donors (Lipinski definition) is 1. The summed E-state index contributed by atoms with van der Waals surface area (Å²) in [6.45, 7) is 3.71. The molecule has 1 aliphatic rings. The van der Waals surface area contributed by atoms with Gasteiger partial charge in [0.2, 0.25) is 0 Å². The summed E-state index contributed by atoms with van der Waals surface area (Å²) in [7, 11) is 3.17. The summed E-state index contributed by atoms with van der Waals surface area (Å²) in [6.07, 6.45) is 4.65. The van der Waals surface area contributed by atoms with E-state index < -0.39 is 5.54 Å². The highest BCUT2D eigenvalue weighted by Crippen LogP contribution is 2.22. The van der Waals surface area contributed by atoms with Crippen molar-refractivity contribution in [3.8, 4) is 0 Å². The maximum atomic E-state index is 11.5. The lowest BCUT2D eigenvalue weighted by atomic mass is 9.90. The quantitative estimate of drug-likeness (QED) is 0.742. The van der Waals surface area contributed by atoms with Crippen LogP contribution < -0.4 is 5.32 Å². The fourth-order valence-corrected chi connectivity index (χ4v) is 2.31. The van der Waals surface area contributed by atoms with E-state index >= 15 is 0 Å². The van der Waals surface area contributed by atoms with E-state index in [1.54, 1.807) is 7.11 Å². The Morgan fingerprint density at radius 3 is 2.56 bits per heavy atom. The molecule has 0 aliphatic heterocycles. The number of methoxy groups -OCH3 is 2. The van der Waals surface area contributed by atoms with E-state index in [2.05, 4.69) is 5.32 Å². The molecule has 1 fully saturated rings. The lowest BCUT2D eigenvalue weighted by molar-refractivity contribution is -0.147. The fourth-order valence-electron chi connectivity index (χ4n) is 2.31. The molecule has 0 spiro atoms. The summed E-state index contributed by atoms with van der Waals surface area (Å²) in [6, 6.07) is 0.341. The van der Waals surface area contributed by atoms with Crippen molar-refractivity contribution in [1.82, 2.24) is 5.32 Å². The van der Waals surface area contributed by atoms with E-state index in [9.17, 15) is 4.79 Å². The van der Waals surface area contributed by atoms with Crippen LogP contribution in [0, 0.1) is 0 Å². The first kappa shape index (κ1) is 13.5. The van der Waals surface area contributed by atoms with Crippen LogP contribution in [0.5, 0.6) is 0 Å². The summed E-state index contributed by atoms with van der Waals surface area (Å²) in [5, 5.41) is 3.36. The molecule has 94 valence electrons. The van der Waals surface area contributed by atoms with Gasteiger partial charge in [0.05, 0.1) is 13.2 Å². The number of ether oxygens (including phenoxy) is 2. The van der Waals surface area contributed by atoms with Crippen molar-refractivity contribution in [3.05, 3.63) is 0 Å². The van der Waals surface area contributed by atoms with Crippen molar-refractivity contribution in [3.63, 3.8) is 0 Å². The van der Waals surface area contributed by atoms with Gasteiger partial charge in [0.15, 0.2) is 0 Å². The predicted octanol–water partition coefficient (Wildman–Crippen LogP) is 1.49. The van der Waals surface area contributed by atoms with Gasteiger partial charge >= 0.3 is 5.97 Å². The van der Waals surface area contributed by atoms with Crippen molar-refractivity contribution in [1.29, 1.82) is 0 Å². The molecule has 2 atom stereocenters. The Balaban J connectivity index is 2.49. The topological polar surface area (TPSA) is 47.6 Å². The van der Waals surface area contributed by atoms with E-state index in [1.807, 2.05) is 13.8 Å². The highest BCUT2D eigenvalue weighted by Gasteiger charge is 2.33. The fraction of sp³-hybridized carbons (Fsp3) is 0.917. The van der Waals surface area contributed by atoms with Crippen molar-refractivity contribution in [2.75, 3.05) is 14.2 Å². The zero-order valence-electron chi connectivity index (χ0n) is 10.7. The number of nitrogens with one attached hydrogen (secondary N) is 1. The molecule has 0 bridgehead atoms. The van der Waals surface area contributed by atoms with Crippen LogP contribution in [0.15, 0.2) is 0 Å². The van der Waals surface area contributed by atoms with Gasteiger partial charge < -0.3 is 9.47 Å². The normalized spacial score (nSPS) is 26.5. The molecule has 1 rings (SSSR count). The van der Waals surface area contributed by atoms with Crippen LogP contribution in [-0.4, -0.2) is 37.9 Å². The Morgan fingerprint density at radius 1 is 1.31 bits per heavy atom. The maximum Gasteiger partial charge on any atom is 0.325 e. The monoisotopic (exact) mass is 229 g/mol. The third kappa shape index (κ3) is 3.46. The van der Waals surface area contributed by atoms with E-state index in [-0.39, 0.29) is 5.97 Å². The van der Waals surface area contributed by atoms with E-state index in [1.165, 1.54) is 7.11 Å². The van der Waals surface area contributed by atoms with Crippen molar-refractivity contribution >= 4 is 5.97 Å². The summed E-state index contributed by atoms with van der Waals surface area (Å²) in [5.41, 5.74) is -0.616. The minimum absolute atomic E-state index is 0.216. The summed E-state index contributed by atoms with van der Waals surface area (Å²) >= 11 is 0. The molecule has 1 N–H and O–H groups in total. The Bertz CT molecular complexity index is 240. The van der Waals surface area contributed by atoms with Gasteiger partial charge in [-0.25, -0.2) is 0 Å². The molecule has 0 radical (unpaired) electrons. The second-order valence-corrected chi connectivity index (χ2v) is 4.98. The van der Waals surface area contributed by atoms with E-state index in [0.717, 1.165) is 25.7 Å². The largest absolute Gasteiger partial charge is 0.468 e. The number of hydrogen-bond acceptors (Lipinski definition) is 4. The second kappa shape index (κ2) is 5.64. The third-order valence-electron chi connectivity index (χ3n) is 3.22. The molecule has 4 heteroatoms. The average Bonchev–Trinajstić information content (AvgIpc) is 2.27. The number of rotatable bonds is 4. The summed E-state index contributed by atoms with van der Waals surface area (Å²) in [4.78, 5) is 11.5. The van der Waals surface area contributed by atoms with E-state index in [0.29, 0.717) is 12.1 Å². The van der Waals surface area contributed by atoms with Gasteiger partial charge in [-0.2, -0.15) is 0 Å². The predicted molar refractivity (Wildman–Crippen MR) is 62.3 cm³/mol. The van der Waals surface area contributed by atoms with Crippen molar-refractivity contribution < 1.29 is 14.3 Å². The highest BCUT2D eigenvalue weighted by molar-refractivity contribution is 5.79. The van der Waals surface area contributed by atoms with Gasteiger partial charge in [-0.05, 0) is 39.5 Å². The minimum atomic E-state index is -0.616. The molecule has 1 saturated carbocycles. The molecular weight excluding hydrogens is 206 g/mol. The first-order valence-electron chi connectivity index (χ1n) is 5.88. The van der Waals surface area contributed by atoms with Crippen molar-refractivity contribution in [2.24, 2.45) is 0 Å². The Hall–Kier alpha value is -0.610. The molecule has 0 aromatic rings. The van der Waals surface area contributed by atoms with Gasteiger partial charge in [-0.1, -0.05) is 0 Å². The van der Waals surface area contributed by atoms with Crippen LogP contribution in [0.2, 0.25) is 0 Å². The Labute approximate surface area is 97.7 Å². The van der Waals surface area contributed by atoms with Crippen LogP contribution in [0.3, 0.4) is 0 Å². The molecule has 4 nitrogen and oxygen atoms in total. The van der Waals surface area contributed by atoms with Crippen LogP contribution in [0.25, 0.3) is 0 Å². The standard InChI is InChI=1S/C12H23NO3/c1-12(2,11(14)16-4)13-9-6-5-7-10(8-9)15-3/h9-10,13H,5-8H2,1-4H3. The van der Waals surface area contributed by atoms with Crippen LogP contribution in [0.4, 0.5) is 0 Å². The third-order valence-corrected chi connectivity index (χ3v) is 3.22. The van der Waals surface area contributed by atoms with Gasteiger partial charge in [0, 0.05) is 13.2 Å². The smallest absolute Gasteiger partial charge is 0.325 e. The molecule has 16 heavy (non-hydrogen) atoms. The van der Waals surface area contributed by atoms with Crippen molar-refractivity contribution in [2.45, 2.75) is 57.2 Å². The molecule has 1 aliphatic carbocycles. The molecule has 0 amide bonds. The lowest BCUT2D eigenvalue weighted by Crippen LogP contribution is -2.53. The Kier molecular flexibility index (Phi) is 4.74. The minimum Gasteiger partial charge on any atom is -0.468 e. The van der Waals surface area contributed by atoms with Crippen LogP contribution >= 0.6 is 0 Å². The molecular formula is C12H23NO3. The second-order valence-electron chi connectivity index (χ2n) is 4.98. The molecule has 0 saturated heterocycles. The number of carbonyl (C=O) groups excluding carboxylic acids is 1. The van der Waals surface area contributed by atoms with Crippen LogP contribution in [-0.2, 0) is 14.3 Å². The van der Waals surface area contributed by atoms with Gasteiger partial charge in [0.25, 0.3) is 0 Å². The molecule has 0 heterocycles. The summed E-state index contributed by atoms with van der Waals surface area (Å²) in [5.74, 6) is -0.216. The van der Waals surface area contributed by atoms with Gasteiger partial charge in [-0.15, -0.1) is 0 Å². The number of carbonyl (C=O) groups is 1. The van der Waals surface area contributed by atoms with Gasteiger partial charge in [0.1, 0.15) is 5.54 Å². The lowest BCUT2D eigenvalue weighted by Gasteiger charge is -2.34. The summed E-state index contributed by atoms with van der Waals surface area (Å²) < 4.78 is 10.1. The first-order chi connectivity index (χ1) is 7.49. The number of esters is 1. The molecule has 2 unspecified atom stereocenters. The maximum absolute atomic E-state index is 11.5. The zero-order chi connectivity index (χ0) is 12.2. The van der Waals surface area contributed by atoms with Crippen LogP contribution in [0.1, 0.15) is 39.5 Å². The average molecular weight is 229 g/mol. The molecule has 0 aromatic carbocycles.